The van der Waals surface area contributed by atoms with Crippen LogP contribution in [-0.2, 0) is 9.53 Å². The second-order valence-corrected chi connectivity index (χ2v) is 4.06. The van der Waals surface area contributed by atoms with Gasteiger partial charge in [0.25, 0.3) is 5.69 Å². The Morgan fingerprint density at radius 2 is 2.19 bits per heavy atom. The van der Waals surface area contributed by atoms with Gasteiger partial charge < -0.3 is 4.74 Å². The number of ether oxygens (including phenoxy) is 1. The van der Waals surface area contributed by atoms with Crippen molar-refractivity contribution in [1.82, 2.24) is 0 Å². The second kappa shape index (κ2) is 7.00. The zero-order valence-electron chi connectivity index (χ0n) is 11.8. The minimum atomic E-state index is -0.888. The van der Waals surface area contributed by atoms with Gasteiger partial charge in [-0.05, 0) is 31.9 Å². The number of nitrogens with one attached hydrogen (secondary N) is 1. The number of rotatable bonds is 5. The van der Waals surface area contributed by atoms with Crippen molar-refractivity contribution in [2.45, 2.75) is 20.8 Å². The molecule has 1 rings (SSSR count). The van der Waals surface area contributed by atoms with E-state index in [-0.39, 0.29) is 18.0 Å². The number of hydrogen-bond acceptors (Lipinski definition) is 7. The van der Waals surface area contributed by atoms with Gasteiger partial charge in [0.15, 0.2) is 0 Å². The van der Waals surface area contributed by atoms with Gasteiger partial charge in [-0.2, -0.15) is 10.4 Å². The lowest BCUT2D eigenvalue weighted by Gasteiger charge is -2.08. The van der Waals surface area contributed by atoms with E-state index in [2.05, 4.69) is 15.3 Å². The first-order valence-corrected chi connectivity index (χ1v) is 6.07. The number of anilines is 1. The van der Waals surface area contributed by atoms with E-state index in [1.54, 1.807) is 32.9 Å². The third kappa shape index (κ3) is 3.76. The number of nitrogens with zero attached hydrogens (tertiary/aromatic N) is 3. The van der Waals surface area contributed by atoms with Crippen LogP contribution in [-0.4, -0.2) is 23.2 Å². The third-order valence-corrected chi connectivity index (χ3v) is 2.76. The van der Waals surface area contributed by atoms with Crippen LogP contribution >= 0.6 is 0 Å². The summed E-state index contributed by atoms with van der Waals surface area (Å²) in [5.74, 6) is -0.888. The number of carbonyl (C=O) groups excluding carboxylic acids is 1. The Bertz CT molecular complexity index is 646. The van der Waals surface area contributed by atoms with Gasteiger partial charge in [-0.1, -0.05) is 6.07 Å². The highest BCUT2D eigenvalue weighted by Gasteiger charge is 2.18. The molecular formula is C13H14N4O4. The molecule has 110 valence electrons. The van der Waals surface area contributed by atoms with Crippen molar-refractivity contribution in [2.75, 3.05) is 12.0 Å². The molecule has 8 heteroatoms. The number of aryl methyl sites for hydroxylation is 1. The Kier molecular flexibility index (Phi) is 5.37. The van der Waals surface area contributed by atoms with Crippen molar-refractivity contribution in [1.29, 1.82) is 5.26 Å². The quantitative estimate of drug-likeness (QED) is 0.384. The lowest BCUT2D eigenvalue weighted by molar-refractivity contribution is -0.384. The molecule has 1 aromatic carbocycles. The molecule has 0 aliphatic rings. The Morgan fingerprint density at radius 1 is 1.52 bits per heavy atom. The molecular weight excluding hydrogens is 276 g/mol. The molecule has 0 fully saturated rings. The molecule has 1 N–H and O–H groups in total. The van der Waals surface area contributed by atoms with Crippen LogP contribution in [0.2, 0.25) is 0 Å². The molecule has 0 amide bonds. The summed E-state index contributed by atoms with van der Waals surface area (Å²) >= 11 is 0. The molecule has 0 unspecified atom stereocenters. The van der Waals surface area contributed by atoms with Crippen LogP contribution in [0.25, 0.3) is 0 Å². The maximum absolute atomic E-state index is 11.4. The van der Waals surface area contributed by atoms with E-state index >= 15 is 0 Å². The van der Waals surface area contributed by atoms with Crippen molar-refractivity contribution in [2.24, 2.45) is 5.10 Å². The standard InChI is InChI=1S/C13H14N4O4/c1-4-21-13(18)10(7-14)15-16-12-9(3)8(2)5-6-11(12)17(19)20/h5-6,16H,4H2,1-3H3. The summed E-state index contributed by atoms with van der Waals surface area (Å²) in [6.45, 7) is 5.15. The van der Waals surface area contributed by atoms with Crippen LogP contribution in [0.3, 0.4) is 0 Å². The van der Waals surface area contributed by atoms with E-state index < -0.39 is 16.6 Å². The highest BCUT2D eigenvalue weighted by molar-refractivity contribution is 6.43. The third-order valence-electron chi connectivity index (χ3n) is 2.76. The van der Waals surface area contributed by atoms with Gasteiger partial charge in [0.1, 0.15) is 11.8 Å². The first-order chi connectivity index (χ1) is 9.92. The number of hydrogen-bond donors (Lipinski definition) is 1. The number of nitriles is 1. The van der Waals surface area contributed by atoms with E-state index in [0.717, 1.165) is 5.56 Å². The van der Waals surface area contributed by atoms with Crippen LogP contribution in [0.4, 0.5) is 11.4 Å². The fraction of sp³-hybridized carbons (Fsp3) is 0.308. The van der Waals surface area contributed by atoms with E-state index in [1.165, 1.54) is 6.07 Å². The first-order valence-electron chi connectivity index (χ1n) is 6.07. The van der Waals surface area contributed by atoms with Crippen molar-refractivity contribution < 1.29 is 14.5 Å². The topological polar surface area (TPSA) is 118 Å². The predicted molar refractivity (Wildman–Crippen MR) is 75.9 cm³/mol. The van der Waals surface area contributed by atoms with Crippen LogP contribution in [0.5, 0.6) is 0 Å². The van der Waals surface area contributed by atoms with Gasteiger partial charge in [-0.25, -0.2) is 4.79 Å². The molecule has 0 atom stereocenters. The smallest absolute Gasteiger partial charge is 0.369 e. The lowest BCUT2D eigenvalue weighted by Crippen LogP contribution is -2.17. The van der Waals surface area contributed by atoms with Gasteiger partial charge in [0, 0.05) is 6.07 Å². The molecule has 0 spiro atoms. The number of esters is 1. The van der Waals surface area contributed by atoms with Crippen molar-refractivity contribution in [3.05, 3.63) is 33.4 Å². The van der Waals surface area contributed by atoms with Gasteiger partial charge in [0.05, 0.1) is 11.5 Å². The summed E-state index contributed by atoms with van der Waals surface area (Å²) in [4.78, 5) is 21.8. The van der Waals surface area contributed by atoms with Crippen molar-refractivity contribution in [3.63, 3.8) is 0 Å². The van der Waals surface area contributed by atoms with Gasteiger partial charge in [-0.15, -0.1) is 0 Å². The molecule has 0 aliphatic heterocycles. The van der Waals surface area contributed by atoms with Crippen LogP contribution < -0.4 is 5.43 Å². The monoisotopic (exact) mass is 290 g/mol. The zero-order valence-corrected chi connectivity index (χ0v) is 11.8. The molecule has 1 aromatic rings. The number of carbonyl (C=O) groups is 1. The first kappa shape index (κ1) is 16.1. The van der Waals surface area contributed by atoms with E-state index in [0.29, 0.717) is 5.56 Å². The fourth-order valence-corrected chi connectivity index (χ4v) is 1.52. The number of nitro groups is 1. The summed E-state index contributed by atoms with van der Waals surface area (Å²) in [5.41, 5.74) is 3.27. The maximum Gasteiger partial charge on any atom is 0.369 e. The molecule has 0 bridgehead atoms. The van der Waals surface area contributed by atoms with E-state index in [4.69, 9.17) is 5.26 Å². The Balaban J connectivity index is 3.18. The minimum absolute atomic E-state index is 0.100. The van der Waals surface area contributed by atoms with Crippen molar-refractivity contribution >= 4 is 23.1 Å². The zero-order chi connectivity index (χ0) is 16.0. The Hall–Kier alpha value is -2.95. The number of nitro benzene ring substituents is 1. The Morgan fingerprint density at radius 3 is 2.71 bits per heavy atom. The summed E-state index contributed by atoms with van der Waals surface area (Å²) < 4.78 is 4.65. The van der Waals surface area contributed by atoms with Crippen LogP contribution in [0, 0.1) is 35.3 Å². The number of hydrazone groups is 1. The summed E-state index contributed by atoms with van der Waals surface area (Å²) in [7, 11) is 0. The second-order valence-electron chi connectivity index (χ2n) is 4.06. The normalized spacial score (nSPS) is 10.7. The average molecular weight is 290 g/mol. The van der Waals surface area contributed by atoms with E-state index in [9.17, 15) is 14.9 Å². The van der Waals surface area contributed by atoms with Crippen LogP contribution in [0.15, 0.2) is 17.2 Å². The van der Waals surface area contributed by atoms with Gasteiger partial charge in [0.2, 0.25) is 5.71 Å². The van der Waals surface area contributed by atoms with Crippen LogP contribution in [0.1, 0.15) is 18.1 Å². The largest absolute Gasteiger partial charge is 0.461 e. The maximum atomic E-state index is 11.4. The predicted octanol–water partition coefficient (Wildman–Crippen LogP) is 2.07. The summed E-state index contributed by atoms with van der Waals surface area (Å²) in [5, 5.41) is 23.4. The highest BCUT2D eigenvalue weighted by Crippen LogP contribution is 2.30. The number of benzene rings is 1. The molecule has 8 nitrogen and oxygen atoms in total. The average Bonchev–Trinajstić information content (AvgIpc) is 2.43. The molecule has 0 saturated heterocycles. The van der Waals surface area contributed by atoms with Gasteiger partial charge >= 0.3 is 5.97 Å². The molecule has 21 heavy (non-hydrogen) atoms. The molecule has 0 aliphatic carbocycles. The summed E-state index contributed by atoms with van der Waals surface area (Å²) in [6, 6.07) is 4.52. The minimum Gasteiger partial charge on any atom is -0.461 e. The molecule has 0 aromatic heterocycles. The SMILES string of the molecule is CCOC(=O)C(C#N)=NNc1c([N+](=O)[O-])ccc(C)c1C. The fourth-order valence-electron chi connectivity index (χ4n) is 1.52. The molecule has 0 heterocycles. The van der Waals surface area contributed by atoms with Gasteiger partial charge in [-0.3, -0.25) is 15.5 Å². The van der Waals surface area contributed by atoms with E-state index in [1.807, 2.05) is 0 Å². The lowest BCUT2D eigenvalue weighted by atomic mass is 10.1. The van der Waals surface area contributed by atoms with Crippen molar-refractivity contribution in [3.8, 4) is 6.07 Å². The molecule has 0 saturated carbocycles. The highest BCUT2D eigenvalue weighted by atomic mass is 16.6. The Labute approximate surface area is 121 Å². The summed E-state index contributed by atoms with van der Waals surface area (Å²) in [6.07, 6.45) is 0. The molecule has 0 radical (unpaired) electrons.